The minimum absolute atomic E-state index is 0.457. The summed E-state index contributed by atoms with van der Waals surface area (Å²) in [7, 11) is -3.34. The van der Waals surface area contributed by atoms with Crippen LogP contribution in [0.3, 0.4) is 0 Å². The molecule has 0 N–H and O–H groups in total. The summed E-state index contributed by atoms with van der Waals surface area (Å²) in [5.41, 5.74) is 1.25. The van der Waals surface area contributed by atoms with E-state index in [1.54, 1.807) is 8.61 Å². The number of morpholine rings is 1. The topological polar surface area (TPSA) is 53.1 Å². The van der Waals surface area contributed by atoms with Gasteiger partial charge >= 0.3 is 0 Å². The molecular weight excluding hydrogens is 350 g/mol. The number of hydrogen-bond acceptors (Lipinski definition) is 4. The summed E-state index contributed by atoms with van der Waals surface area (Å²) in [4.78, 5) is 2.32. The molecule has 3 rings (SSSR count). The van der Waals surface area contributed by atoms with Gasteiger partial charge in [0.1, 0.15) is 0 Å². The molecule has 2 aliphatic heterocycles. The molecule has 0 aliphatic carbocycles. The van der Waals surface area contributed by atoms with Crippen LogP contribution in [0.5, 0.6) is 0 Å². The Kier molecular flexibility index (Phi) is 6.12. The molecule has 2 fully saturated rings. The molecule has 0 aromatic heterocycles. The van der Waals surface area contributed by atoms with Crippen LogP contribution in [0.1, 0.15) is 5.56 Å². The highest BCUT2D eigenvalue weighted by atomic mass is 35.5. The maximum Gasteiger partial charge on any atom is 0.282 e. The zero-order chi connectivity index (χ0) is 17.0. The van der Waals surface area contributed by atoms with Gasteiger partial charge in [-0.1, -0.05) is 23.7 Å². The van der Waals surface area contributed by atoms with E-state index in [2.05, 4.69) is 4.90 Å². The lowest BCUT2D eigenvalue weighted by molar-refractivity contribution is 0.0685. The van der Waals surface area contributed by atoms with E-state index in [0.29, 0.717) is 39.4 Å². The highest BCUT2D eigenvalue weighted by Crippen LogP contribution is 2.15. The zero-order valence-electron chi connectivity index (χ0n) is 13.7. The summed E-state index contributed by atoms with van der Waals surface area (Å²) < 4.78 is 33.6. The number of rotatable bonds is 5. The van der Waals surface area contributed by atoms with Gasteiger partial charge in [0.25, 0.3) is 10.2 Å². The molecule has 134 valence electrons. The van der Waals surface area contributed by atoms with Crippen molar-refractivity contribution >= 4 is 21.8 Å². The second-order valence-corrected chi connectivity index (χ2v) is 8.50. The lowest BCUT2D eigenvalue weighted by atomic mass is 10.1. The van der Waals surface area contributed by atoms with Crippen molar-refractivity contribution in [1.29, 1.82) is 0 Å². The molecule has 0 unspecified atom stereocenters. The highest BCUT2D eigenvalue weighted by molar-refractivity contribution is 7.86. The van der Waals surface area contributed by atoms with Crippen molar-refractivity contribution in [2.45, 2.75) is 6.42 Å². The van der Waals surface area contributed by atoms with E-state index in [-0.39, 0.29) is 0 Å². The molecule has 8 heteroatoms. The second-order valence-electron chi connectivity index (χ2n) is 6.14. The normalized spacial score (nSPS) is 21.9. The van der Waals surface area contributed by atoms with Crippen LogP contribution in [0, 0.1) is 0 Å². The van der Waals surface area contributed by atoms with Gasteiger partial charge in [0.15, 0.2) is 0 Å². The predicted molar refractivity (Wildman–Crippen MR) is 94.5 cm³/mol. The van der Waals surface area contributed by atoms with E-state index in [0.717, 1.165) is 31.1 Å². The van der Waals surface area contributed by atoms with Gasteiger partial charge in [-0.05, 0) is 24.1 Å². The van der Waals surface area contributed by atoms with Gasteiger partial charge in [-0.3, -0.25) is 0 Å². The van der Waals surface area contributed by atoms with Crippen LogP contribution in [0.2, 0.25) is 5.02 Å². The molecular formula is C16H24ClN3O3S. The van der Waals surface area contributed by atoms with Gasteiger partial charge in [0.2, 0.25) is 0 Å². The first-order chi connectivity index (χ1) is 11.6. The Morgan fingerprint density at radius 2 is 1.50 bits per heavy atom. The maximum absolute atomic E-state index is 12.6. The Bertz CT molecular complexity index is 624. The molecule has 1 aromatic carbocycles. The number of benzene rings is 1. The molecule has 0 radical (unpaired) electrons. The first kappa shape index (κ1) is 18.1. The first-order valence-corrected chi connectivity index (χ1v) is 10.1. The van der Waals surface area contributed by atoms with Crippen LogP contribution in [0.4, 0.5) is 0 Å². The quantitative estimate of drug-likeness (QED) is 0.775. The Morgan fingerprint density at radius 1 is 0.917 bits per heavy atom. The smallest absolute Gasteiger partial charge is 0.282 e. The van der Waals surface area contributed by atoms with Crippen LogP contribution in [0.15, 0.2) is 24.3 Å². The maximum atomic E-state index is 12.6. The fraction of sp³-hybridized carbons (Fsp3) is 0.625. The summed E-state index contributed by atoms with van der Waals surface area (Å²) in [6.07, 6.45) is 0.952. The number of piperazine rings is 1. The number of ether oxygens (including phenoxy) is 1. The predicted octanol–water partition coefficient (Wildman–Crippen LogP) is 1.08. The summed E-state index contributed by atoms with van der Waals surface area (Å²) in [6.45, 7) is 5.49. The van der Waals surface area contributed by atoms with Crippen LogP contribution in [-0.2, 0) is 21.4 Å². The van der Waals surface area contributed by atoms with E-state index in [4.69, 9.17) is 16.3 Å². The average Bonchev–Trinajstić information content (AvgIpc) is 2.62. The van der Waals surface area contributed by atoms with E-state index in [1.807, 2.05) is 24.3 Å². The van der Waals surface area contributed by atoms with Crippen molar-refractivity contribution in [2.24, 2.45) is 0 Å². The fourth-order valence-corrected chi connectivity index (χ4v) is 4.75. The number of halogens is 1. The Labute approximate surface area is 149 Å². The Hall–Kier alpha value is -0.700. The summed E-state index contributed by atoms with van der Waals surface area (Å²) >= 11 is 5.90. The third kappa shape index (κ3) is 4.47. The van der Waals surface area contributed by atoms with Crippen LogP contribution in [0.25, 0.3) is 0 Å². The van der Waals surface area contributed by atoms with Crippen molar-refractivity contribution in [1.82, 2.24) is 13.5 Å². The molecule has 0 amide bonds. The highest BCUT2D eigenvalue weighted by Gasteiger charge is 2.33. The number of hydrogen-bond donors (Lipinski definition) is 0. The third-order valence-electron chi connectivity index (χ3n) is 4.58. The fourth-order valence-electron chi connectivity index (χ4n) is 3.06. The van der Waals surface area contributed by atoms with Crippen molar-refractivity contribution < 1.29 is 13.2 Å². The van der Waals surface area contributed by atoms with E-state index < -0.39 is 10.2 Å². The molecule has 2 aliphatic rings. The molecule has 6 nitrogen and oxygen atoms in total. The first-order valence-electron chi connectivity index (χ1n) is 8.35. The SMILES string of the molecule is O=S(=O)(N1CCOCC1)N1CCN(CCc2ccc(Cl)cc2)CC1. The van der Waals surface area contributed by atoms with Gasteiger partial charge < -0.3 is 9.64 Å². The lowest BCUT2D eigenvalue weighted by Crippen LogP contribution is -2.55. The van der Waals surface area contributed by atoms with Gasteiger partial charge in [-0.15, -0.1) is 0 Å². The van der Waals surface area contributed by atoms with Crippen molar-refractivity contribution in [3.63, 3.8) is 0 Å². The molecule has 0 spiro atoms. The van der Waals surface area contributed by atoms with E-state index in [9.17, 15) is 8.42 Å². The number of nitrogens with zero attached hydrogens (tertiary/aromatic N) is 3. The van der Waals surface area contributed by atoms with Gasteiger partial charge in [-0.25, -0.2) is 0 Å². The summed E-state index contributed by atoms with van der Waals surface area (Å²) in [5, 5.41) is 0.751. The molecule has 1 aromatic rings. The van der Waals surface area contributed by atoms with E-state index in [1.165, 1.54) is 5.56 Å². The third-order valence-corrected chi connectivity index (χ3v) is 6.87. The molecule has 0 saturated carbocycles. The van der Waals surface area contributed by atoms with Crippen LogP contribution >= 0.6 is 11.6 Å². The van der Waals surface area contributed by atoms with Crippen LogP contribution in [-0.4, -0.2) is 81.0 Å². The Morgan fingerprint density at radius 3 is 2.12 bits per heavy atom. The zero-order valence-corrected chi connectivity index (χ0v) is 15.3. The Balaban J connectivity index is 1.47. The van der Waals surface area contributed by atoms with Crippen molar-refractivity contribution in [3.8, 4) is 0 Å². The lowest BCUT2D eigenvalue weighted by Gasteiger charge is -2.37. The monoisotopic (exact) mass is 373 g/mol. The van der Waals surface area contributed by atoms with Gasteiger partial charge in [-0.2, -0.15) is 17.0 Å². The van der Waals surface area contributed by atoms with E-state index >= 15 is 0 Å². The summed E-state index contributed by atoms with van der Waals surface area (Å²) in [6, 6.07) is 7.90. The standard InChI is InChI=1S/C16H24ClN3O3S/c17-16-3-1-15(2-4-16)5-6-18-7-9-19(10-8-18)24(21,22)20-11-13-23-14-12-20/h1-4H,5-14H2. The van der Waals surface area contributed by atoms with Crippen LogP contribution < -0.4 is 0 Å². The molecule has 0 atom stereocenters. The average molecular weight is 374 g/mol. The van der Waals surface area contributed by atoms with Crippen molar-refractivity contribution in [3.05, 3.63) is 34.9 Å². The molecule has 2 saturated heterocycles. The minimum Gasteiger partial charge on any atom is -0.379 e. The van der Waals surface area contributed by atoms with Gasteiger partial charge in [0.05, 0.1) is 13.2 Å². The largest absolute Gasteiger partial charge is 0.379 e. The summed E-state index contributed by atoms with van der Waals surface area (Å²) in [5.74, 6) is 0. The second kappa shape index (κ2) is 8.12. The molecule has 0 bridgehead atoms. The van der Waals surface area contributed by atoms with Gasteiger partial charge in [0, 0.05) is 50.8 Å². The molecule has 2 heterocycles. The minimum atomic E-state index is -3.34. The van der Waals surface area contributed by atoms with Crippen molar-refractivity contribution in [2.75, 3.05) is 59.0 Å². The molecule has 24 heavy (non-hydrogen) atoms.